The van der Waals surface area contributed by atoms with Gasteiger partial charge in [-0.3, -0.25) is 4.98 Å². The Morgan fingerprint density at radius 3 is 2.72 bits per heavy atom. The minimum atomic E-state index is -1.08. The molecule has 3 nitrogen and oxygen atoms in total. The second kappa shape index (κ2) is 7.24. The van der Waals surface area contributed by atoms with E-state index < -0.39 is 18.5 Å². The van der Waals surface area contributed by atoms with Gasteiger partial charge in [0.2, 0.25) is 0 Å². The van der Waals surface area contributed by atoms with Gasteiger partial charge in [0.05, 0.1) is 6.61 Å². The summed E-state index contributed by atoms with van der Waals surface area (Å²) >= 11 is 0. The summed E-state index contributed by atoms with van der Waals surface area (Å²) in [5.74, 6) is -0.451. The SMILES string of the molecule is CC/C=C(\CCC)c1ncc([C@H](O)CO)cc1F. The van der Waals surface area contributed by atoms with E-state index in [9.17, 15) is 9.50 Å². The number of aliphatic hydroxyl groups excluding tert-OH is 2. The van der Waals surface area contributed by atoms with Crippen LogP contribution in [0.25, 0.3) is 5.57 Å². The number of hydrogen-bond donors (Lipinski definition) is 2. The minimum Gasteiger partial charge on any atom is -0.393 e. The van der Waals surface area contributed by atoms with E-state index in [2.05, 4.69) is 4.98 Å². The van der Waals surface area contributed by atoms with Crippen molar-refractivity contribution in [2.45, 2.75) is 39.2 Å². The number of allylic oxidation sites excluding steroid dienone is 2. The van der Waals surface area contributed by atoms with Crippen LogP contribution in [0.15, 0.2) is 18.3 Å². The lowest BCUT2D eigenvalue weighted by atomic mass is 10.0. The molecule has 0 aliphatic carbocycles. The van der Waals surface area contributed by atoms with E-state index in [0.717, 1.165) is 24.8 Å². The highest BCUT2D eigenvalue weighted by atomic mass is 19.1. The predicted molar refractivity (Wildman–Crippen MR) is 69.4 cm³/mol. The molecule has 0 spiro atoms. The van der Waals surface area contributed by atoms with Gasteiger partial charge in [0.1, 0.15) is 17.6 Å². The quantitative estimate of drug-likeness (QED) is 0.819. The van der Waals surface area contributed by atoms with Crippen LogP contribution >= 0.6 is 0 Å². The monoisotopic (exact) mass is 253 g/mol. The number of halogens is 1. The molecule has 1 aromatic rings. The molecule has 1 rings (SSSR count). The van der Waals surface area contributed by atoms with Crippen molar-refractivity contribution < 1.29 is 14.6 Å². The Bertz CT molecular complexity index is 418. The molecule has 1 atom stereocenters. The highest BCUT2D eigenvalue weighted by Gasteiger charge is 2.13. The Balaban J connectivity index is 3.07. The molecule has 0 saturated heterocycles. The molecule has 0 aliphatic rings. The van der Waals surface area contributed by atoms with Gasteiger partial charge in [-0.1, -0.05) is 26.3 Å². The van der Waals surface area contributed by atoms with Gasteiger partial charge in [0.25, 0.3) is 0 Å². The van der Waals surface area contributed by atoms with E-state index in [1.165, 1.54) is 12.3 Å². The molecule has 0 unspecified atom stereocenters. The predicted octanol–water partition coefficient (Wildman–Crippen LogP) is 2.84. The van der Waals surface area contributed by atoms with Gasteiger partial charge in [0.15, 0.2) is 0 Å². The average molecular weight is 253 g/mol. The number of aromatic nitrogens is 1. The Hall–Kier alpha value is -1.26. The molecule has 0 bridgehead atoms. The Morgan fingerprint density at radius 1 is 1.50 bits per heavy atom. The molecule has 0 aromatic carbocycles. The Kier molecular flexibility index (Phi) is 5.95. The third-order valence-electron chi connectivity index (χ3n) is 2.69. The topological polar surface area (TPSA) is 53.4 Å². The van der Waals surface area contributed by atoms with Crippen molar-refractivity contribution in [2.75, 3.05) is 6.61 Å². The van der Waals surface area contributed by atoms with Crippen LogP contribution in [-0.4, -0.2) is 21.8 Å². The average Bonchev–Trinajstić information content (AvgIpc) is 2.37. The van der Waals surface area contributed by atoms with Crippen LogP contribution in [-0.2, 0) is 0 Å². The Morgan fingerprint density at radius 2 is 2.22 bits per heavy atom. The molecule has 2 N–H and O–H groups in total. The number of hydrogen-bond acceptors (Lipinski definition) is 3. The molecule has 0 fully saturated rings. The third kappa shape index (κ3) is 3.62. The summed E-state index contributed by atoms with van der Waals surface area (Å²) in [5, 5.41) is 18.2. The van der Waals surface area contributed by atoms with Crippen LogP contribution in [0.1, 0.15) is 50.5 Å². The summed E-state index contributed by atoms with van der Waals surface area (Å²) < 4.78 is 13.9. The van der Waals surface area contributed by atoms with E-state index in [-0.39, 0.29) is 0 Å². The van der Waals surface area contributed by atoms with Gasteiger partial charge in [0, 0.05) is 11.8 Å². The standard InChI is InChI=1S/C14H20FNO2/c1-3-5-10(6-4-2)14-12(15)7-11(8-16-14)13(18)9-17/h5,7-8,13,17-18H,3-4,6,9H2,1-2H3/b10-5+/t13-/m1/s1. The first kappa shape index (κ1) is 14.8. The normalized spacial score (nSPS) is 13.7. The maximum absolute atomic E-state index is 13.9. The van der Waals surface area contributed by atoms with Gasteiger partial charge in [-0.2, -0.15) is 0 Å². The summed E-state index contributed by atoms with van der Waals surface area (Å²) in [5.41, 5.74) is 1.53. The number of rotatable bonds is 6. The lowest BCUT2D eigenvalue weighted by Crippen LogP contribution is -2.05. The summed E-state index contributed by atoms with van der Waals surface area (Å²) in [6, 6.07) is 1.24. The van der Waals surface area contributed by atoms with Crippen LogP contribution in [0.2, 0.25) is 0 Å². The van der Waals surface area contributed by atoms with E-state index in [1.807, 2.05) is 19.9 Å². The van der Waals surface area contributed by atoms with Crippen molar-refractivity contribution in [3.63, 3.8) is 0 Å². The first-order chi connectivity index (χ1) is 8.63. The molecule has 18 heavy (non-hydrogen) atoms. The fourth-order valence-corrected chi connectivity index (χ4v) is 1.81. The smallest absolute Gasteiger partial charge is 0.149 e. The molecular formula is C14H20FNO2. The van der Waals surface area contributed by atoms with Crippen LogP contribution in [0.4, 0.5) is 4.39 Å². The van der Waals surface area contributed by atoms with Crippen molar-refractivity contribution >= 4 is 5.57 Å². The van der Waals surface area contributed by atoms with Gasteiger partial charge >= 0.3 is 0 Å². The number of aliphatic hydroxyl groups is 2. The number of pyridine rings is 1. The maximum Gasteiger partial charge on any atom is 0.149 e. The summed E-state index contributed by atoms with van der Waals surface area (Å²) in [4.78, 5) is 4.07. The molecule has 0 aliphatic heterocycles. The van der Waals surface area contributed by atoms with Crippen LogP contribution in [0.5, 0.6) is 0 Å². The molecule has 4 heteroatoms. The van der Waals surface area contributed by atoms with Gasteiger partial charge < -0.3 is 10.2 Å². The van der Waals surface area contributed by atoms with Gasteiger partial charge in [-0.25, -0.2) is 4.39 Å². The maximum atomic E-state index is 13.9. The molecule has 0 radical (unpaired) electrons. The van der Waals surface area contributed by atoms with Gasteiger partial charge in [-0.05, 0) is 24.5 Å². The third-order valence-corrected chi connectivity index (χ3v) is 2.69. The first-order valence-electron chi connectivity index (χ1n) is 6.27. The second-order valence-electron chi connectivity index (χ2n) is 4.19. The molecule has 100 valence electrons. The summed E-state index contributed by atoms with van der Waals surface area (Å²) in [6.45, 7) is 3.59. The lowest BCUT2D eigenvalue weighted by Gasteiger charge is -2.11. The highest BCUT2D eigenvalue weighted by Crippen LogP contribution is 2.23. The fraction of sp³-hybridized carbons (Fsp3) is 0.500. The van der Waals surface area contributed by atoms with Crippen molar-refractivity contribution in [2.24, 2.45) is 0 Å². The van der Waals surface area contributed by atoms with E-state index in [0.29, 0.717) is 11.3 Å². The summed E-state index contributed by atoms with van der Waals surface area (Å²) in [7, 11) is 0. The van der Waals surface area contributed by atoms with E-state index in [4.69, 9.17) is 5.11 Å². The highest BCUT2D eigenvalue weighted by molar-refractivity contribution is 5.63. The minimum absolute atomic E-state index is 0.297. The largest absolute Gasteiger partial charge is 0.393 e. The zero-order valence-corrected chi connectivity index (χ0v) is 10.9. The molecule has 1 aromatic heterocycles. The van der Waals surface area contributed by atoms with E-state index >= 15 is 0 Å². The Labute approximate surface area is 107 Å². The first-order valence-corrected chi connectivity index (χ1v) is 6.27. The molecule has 1 heterocycles. The zero-order chi connectivity index (χ0) is 13.5. The van der Waals surface area contributed by atoms with Crippen molar-refractivity contribution in [1.82, 2.24) is 4.98 Å². The molecule has 0 saturated carbocycles. The van der Waals surface area contributed by atoms with Gasteiger partial charge in [-0.15, -0.1) is 0 Å². The lowest BCUT2D eigenvalue weighted by molar-refractivity contribution is 0.0950. The van der Waals surface area contributed by atoms with Crippen LogP contribution in [0.3, 0.4) is 0 Å². The number of nitrogens with zero attached hydrogens (tertiary/aromatic N) is 1. The zero-order valence-electron chi connectivity index (χ0n) is 10.9. The van der Waals surface area contributed by atoms with Crippen molar-refractivity contribution in [3.05, 3.63) is 35.4 Å². The van der Waals surface area contributed by atoms with E-state index in [1.54, 1.807) is 0 Å². The summed E-state index contributed by atoms with van der Waals surface area (Å²) in [6.07, 6.45) is 4.84. The molecular weight excluding hydrogens is 233 g/mol. The fourth-order valence-electron chi connectivity index (χ4n) is 1.81. The van der Waals surface area contributed by atoms with Crippen molar-refractivity contribution in [3.8, 4) is 0 Å². The van der Waals surface area contributed by atoms with Crippen molar-refractivity contribution in [1.29, 1.82) is 0 Å². The van der Waals surface area contributed by atoms with Crippen LogP contribution in [0, 0.1) is 5.82 Å². The molecule has 0 amide bonds. The van der Waals surface area contributed by atoms with Crippen LogP contribution < -0.4 is 0 Å². The second-order valence-corrected chi connectivity index (χ2v) is 4.19.